The van der Waals surface area contributed by atoms with Gasteiger partial charge in [0.15, 0.2) is 0 Å². The molecule has 1 aromatic carbocycles. The van der Waals surface area contributed by atoms with Crippen molar-refractivity contribution >= 4 is 22.4 Å². The van der Waals surface area contributed by atoms with Gasteiger partial charge < -0.3 is 15.8 Å². The molecule has 1 rings (SSSR count). The highest BCUT2D eigenvalue weighted by Gasteiger charge is 2.15. The Hall–Kier alpha value is -1.47. The molecular formula is C12H17FN2O3S. The lowest BCUT2D eigenvalue weighted by Gasteiger charge is -2.12. The monoisotopic (exact) mass is 288 g/mol. The third kappa shape index (κ3) is 4.96. The van der Waals surface area contributed by atoms with Crippen molar-refractivity contribution in [2.75, 3.05) is 25.2 Å². The van der Waals surface area contributed by atoms with Gasteiger partial charge in [0.1, 0.15) is 11.6 Å². The largest absolute Gasteiger partial charge is 0.398 e. The number of anilines is 1. The number of benzene rings is 1. The second kappa shape index (κ2) is 7.20. The molecule has 0 fully saturated rings. The molecule has 2 atom stereocenters. The Balaban J connectivity index is 2.62. The zero-order valence-corrected chi connectivity index (χ0v) is 11.6. The Morgan fingerprint density at radius 3 is 2.84 bits per heavy atom. The fourth-order valence-corrected chi connectivity index (χ4v) is 2.55. The fourth-order valence-electron chi connectivity index (χ4n) is 1.53. The number of rotatable bonds is 6. The van der Waals surface area contributed by atoms with Gasteiger partial charge in [0.25, 0.3) is 0 Å². The van der Waals surface area contributed by atoms with E-state index in [1.165, 1.54) is 13.2 Å². The highest BCUT2D eigenvalue weighted by Crippen LogP contribution is 2.17. The molecule has 0 aliphatic carbocycles. The summed E-state index contributed by atoms with van der Waals surface area (Å²) in [5.41, 5.74) is 5.64. The predicted molar refractivity (Wildman–Crippen MR) is 71.6 cm³/mol. The summed E-state index contributed by atoms with van der Waals surface area (Å²) < 4.78 is 29.7. The number of methoxy groups -OCH3 is 1. The van der Waals surface area contributed by atoms with Crippen molar-refractivity contribution in [3.8, 4) is 0 Å². The SMILES string of the molecule is COCC(C)NC(=O)CS(=O)c1ccc(F)cc1N. The average molecular weight is 288 g/mol. The molecule has 0 aliphatic rings. The number of amides is 1. The van der Waals surface area contributed by atoms with Crippen LogP contribution in [0.2, 0.25) is 0 Å². The molecule has 0 aromatic heterocycles. The summed E-state index contributed by atoms with van der Waals surface area (Å²) in [6.07, 6.45) is 0. The number of ether oxygens (including phenoxy) is 1. The molecule has 5 nitrogen and oxygen atoms in total. The Kier molecular flexibility index (Phi) is 5.91. The minimum Gasteiger partial charge on any atom is -0.398 e. The summed E-state index contributed by atoms with van der Waals surface area (Å²) in [4.78, 5) is 11.9. The number of nitrogens with one attached hydrogen (secondary N) is 1. The number of nitrogens with two attached hydrogens (primary N) is 1. The van der Waals surface area contributed by atoms with Crippen LogP contribution >= 0.6 is 0 Å². The van der Waals surface area contributed by atoms with E-state index >= 15 is 0 Å². The summed E-state index contributed by atoms with van der Waals surface area (Å²) in [5.74, 6) is -1.09. The number of hydrogen-bond acceptors (Lipinski definition) is 4. The van der Waals surface area contributed by atoms with Crippen LogP contribution in [0.5, 0.6) is 0 Å². The lowest BCUT2D eigenvalue weighted by atomic mass is 10.3. The first-order valence-corrected chi connectivity index (χ1v) is 6.97. The van der Waals surface area contributed by atoms with E-state index in [0.717, 1.165) is 12.1 Å². The van der Waals surface area contributed by atoms with E-state index in [2.05, 4.69) is 5.32 Å². The Morgan fingerprint density at radius 2 is 2.26 bits per heavy atom. The van der Waals surface area contributed by atoms with Gasteiger partial charge in [-0.05, 0) is 25.1 Å². The molecule has 0 bridgehead atoms. The summed E-state index contributed by atoms with van der Waals surface area (Å²) in [6.45, 7) is 2.15. The zero-order chi connectivity index (χ0) is 14.4. The van der Waals surface area contributed by atoms with Crippen molar-refractivity contribution in [1.82, 2.24) is 5.32 Å². The maximum atomic E-state index is 12.9. The van der Waals surface area contributed by atoms with Gasteiger partial charge >= 0.3 is 0 Å². The molecule has 3 N–H and O–H groups in total. The van der Waals surface area contributed by atoms with E-state index in [1.54, 1.807) is 6.92 Å². The molecule has 7 heteroatoms. The smallest absolute Gasteiger partial charge is 0.233 e. The molecule has 0 aliphatic heterocycles. The molecule has 0 saturated heterocycles. The second-order valence-corrected chi connectivity index (χ2v) is 5.52. The Morgan fingerprint density at radius 1 is 1.58 bits per heavy atom. The van der Waals surface area contributed by atoms with Crippen molar-refractivity contribution in [2.24, 2.45) is 0 Å². The third-order valence-electron chi connectivity index (χ3n) is 2.30. The minimum absolute atomic E-state index is 0.0797. The van der Waals surface area contributed by atoms with E-state index in [9.17, 15) is 13.4 Å². The van der Waals surface area contributed by atoms with Gasteiger partial charge in [0, 0.05) is 13.2 Å². The lowest BCUT2D eigenvalue weighted by molar-refractivity contribution is -0.119. The first-order valence-electron chi connectivity index (χ1n) is 5.65. The maximum Gasteiger partial charge on any atom is 0.233 e. The molecule has 0 spiro atoms. The van der Waals surface area contributed by atoms with Crippen molar-refractivity contribution in [2.45, 2.75) is 17.9 Å². The normalized spacial score (nSPS) is 13.8. The van der Waals surface area contributed by atoms with Crippen LogP contribution in [0.4, 0.5) is 10.1 Å². The van der Waals surface area contributed by atoms with Gasteiger partial charge in [-0.15, -0.1) is 0 Å². The molecule has 0 radical (unpaired) electrons. The zero-order valence-electron chi connectivity index (χ0n) is 10.8. The van der Waals surface area contributed by atoms with Crippen molar-refractivity contribution in [1.29, 1.82) is 0 Å². The van der Waals surface area contributed by atoms with E-state index in [4.69, 9.17) is 10.5 Å². The molecule has 2 unspecified atom stereocenters. The molecular weight excluding hydrogens is 271 g/mol. The van der Waals surface area contributed by atoms with Gasteiger partial charge in [-0.2, -0.15) is 0 Å². The Labute approximate surface area is 113 Å². The van der Waals surface area contributed by atoms with Gasteiger partial charge in [0.05, 0.1) is 28.0 Å². The minimum atomic E-state index is -1.60. The van der Waals surface area contributed by atoms with Crippen molar-refractivity contribution in [3.05, 3.63) is 24.0 Å². The first-order chi connectivity index (χ1) is 8.93. The van der Waals surface area contributed by atoms with Crippen LogP contribution in [0.25, 0.3) is 0 Å². The lowest BCUT2D eigenvalue weighted by Crippen LogP contribution is -2.38. The molecule has 106 valence electrons. The van der Waals surface area contributed by atoms with Crippen LogP contribution in [0.15, 0.2) is 23.1 Å². The van der Waals surface area contributed by atoms with Crippen LogP contribution in [-0.2, 0) is 20.3 Å². The van der Waals surface area contributed by atoms with Crippen LogP contribution < -0.4 is 11.1 Å². The van der Waals surface area contributed by atoms with E-state index in [0.29, 0.717) is 6.61 Å². The second-order valence-electron chi connectivity index (χ2n) is 4.10. The van der Waals surface area contributed by atoms with Gasteiger partial charge in [-0.25, -0.2) is 4.39 Å². The standard InChI is InChI=1S/C12H17FN2O3S/c1-8(6-18-2)15-12(16)7-19(17)11-4-3-9(13)5-10(11)14/h3-5,8H,6-7,14H2,1-2H3,(H,15,16). The molecule has 0 saturated carbocycles. The van der Waals surface area contributed by atoms with Gasteiger partial charge in [-0.3, -0.25) is 9.00 Å². The predicted octanol–water partition coefficient (Wildman–Crippen LogP) is 0.667. The summed E-state index contributed by atoms with van der Waals surface area (Å²) in [5, 5.41) is 2.64. The summed E-state index contributed by atoms with van der Waals surface area (Å²) >= 11 is 0. The van der Waals surface area contributed by atoms with E-state index in [-0.39, 0.29) is 28.3 Å². The number of nitrogen functional groups attached to an aromatic ring is 1. The van der Waals surface area contributed by atoms with Crippen LogP contribution in [0.1, 0.15) is 6.92 Å². The van der Waals surface area contributed by atoms with Gasteiger partial charge in [-0.1, -0.05) is 0 Å². The third-order valence-corrected chi connectivity index (χ3v) is 3.69. The van der Waals surface area contributed by atoms with Crippen LogP contribution in [0.3, 0.4) is 0 Å². The summed E-state index contributed by atoms with van der Waals surface area (Å²) in [7, 11) is -0.0704. The van der Waals surface area contributed by atoms with Crippen molar-refractivity contribution in [3.63, 3.8) is 0 Å². The highest BCUT2D eigenvalue weighted by atomic mass is 32.2. The maximum absolute atomic E-state index is 12.9. The van der Waals surface area contributed by atoms with Crippen LogP contribution in [-0.4, -0.2) is 35.6 Å². The number of halogens is 1. The fraction of sp³-hybridized carbons (Fsp3) is 0.417. The van der Waals surface area contributed by atoms with Crippen LogP contribution in [0, 0.1) is 5.82 Å². The van der Waals surface area contributed by atoms with Crippen molar-refractivity contribution < 1.29 is 18.1 Å². The number of carbonyl (C=O) groups excluding carboxylic acids is 1. The molecule has 1 aromatic rings. The van der Waals surface area contributed by atoms with Gasteiger partial charge in [0.2, 0.25) is 5.91 Å². The number of carbonyl (C=O) groups is 1. The number of hydrogen-bond donors (Lipinski definition) is 2. The van der Waals surface area contributed by atoms with E-state index < -0.39 is 16.6 Å². The molecule has 19 heavy (non-hydrogen) atoms. The Bertz CT molecular complexity index is 482. The topological polar surface area (TPSA) is 81.4 Å². The molecule has 1 amide bonds. The highest BCUT2D eigenvalue weighted by molar-refractivity contribution is 7.86. The summed E-state index contributed by atoms with van der Waals surface area (Å²) in [6, 6.07) is 3.40. The quantitative estimate of drug-likeness (QED) is 0.754. The van der Waals surface area contributed by atoms with E-state index in [1.807, 2.05) is 0 Å². The first kappa shape index (κ1) is 15.6. The molecule has 0 heterocycles. The average Bonchev–Trinajstić information content (AvgIpc) is 2.28.